The van der Waals surface area contributed by atoms with Crippen LogP contribution in [0, 0.1) is 17.1 Å². The first kappa shape index (κ1) is 22.2. The van der Waals surface area contributed by atoms with E-state index < -0.39 is 21.4 Å². The maximum Gasteiger partial charge on any atom is 0.260 e. The van der Waals surface area contributed by atoms with Gasteiger partial charge in [-0.3, -0.25) is 0 Å². The predicted octanol–water partition coefficient (Wildman–Crippen LogP) is 1.33. The van der Waals surface area contributed by atoms with Gasteiger partial charge in [-0.05, 0) is 46.6 Å². The Morgan fingerprint density at radius 1 is 1.39 bits per heavy atom. The monoisotopic (exact) mass is 472 g/mol. The molecule has 1 aliphatic rings. The van der Waals surface area contributed by atoms with E-state index in [0.717, 1.165) is 6.07 Å². The number of hydrogen-bond donors (Lipinski definition) is 3. The number of phenolic OH excluding ortho intramolecular Hbond substituents is 1. The van der Waals surface area contributed by atoms with Gasteiger partial charge in [0.1, 0.15) is 17.6 Å². The molecule has 11 heteroatoms. The lowest BCUT2D eigenvalue weighted by molar-refractivity contribution is 0.0651. The van der Waals surface area contributed by atoms with E-state index in [4.69, 9.17) is 16.1 Å². The molecule has 2 heterocycles. The van der Waals surface area contributed by atoms with Gasteiger partial charge in [0.2, 0.25) is 0 Å². The summed E-state index contributed by atoms with van der Waals surface area (Å²) in [6, 6.07) is 8.08. The molecular formula is C17H18BrFN4O4S. The molecule has 3 rings (SSSR count). The predicted molar refractivity (Wildman–Crippen MR) is 102 cm³/mol. The second-order valence-corrected chi connectivity index (χ2v) is 8.91. The van der Waals surface area contributed by atoms with Crippen molar-refractivity contribution in [2.45, 2.75) is 17.0 Å². The van der Waals surface area contributed by atoms with Crippen LogP contribution >= 0.6 is 15.9 Å². The molecule has 28 heavy (non-hydrogen) atoms. The Bertz CT molecular complexity index is 982. The Hall–Kier alpha value is -2.10. The van der Waals surface area contributed by atoms with E-state index in [0.29, 0.717) is 10.9 Å². The average molecular weight is 473 g/mol. The van der Waals surface area contributed by atoms with Gasteiger partial charge < -0.3 is 15.9 Å². The summed E-state index contributed by atoms with van der Waals surface area (Å²) in [7, 11) is -3.65. The van der Waals surface area contributed by atoms with Gasteiger partial charge in [-0.1, -0.05) is 0 Å². The van der Waals surface area contributed by atoms with Gasteiger partial charge >= 0.3 is 0 Å². The fraction of sp³-hybridized carbons (Fsp3) is 0.294. The Balaban J connectivity index is 0.000000237. The summed E-state index contributed by atoms with van der Waals surface area (Å²) >= 11 is 3.20. The summed E-state index contributed by atoms with van der Waals surface area (Å²) in [6.45, 7) is 0.324. The molecule has 1 aliphatic heterocycles. The van der Waals surface area contributed by atoms with Gasteiger partial charge in [0.25, 0.3) is 10.0 Å². The fourth-order valence-corrected chi connectivity index (χ4v) is 4.10. The smallest absolute Gasteiger partial charge is 0.260 e. The molecule has 4 N–H and O–H groups in total. The lowest BCUT2D eigenvalue weighted by Crippen LogP contribution is -2.41. The number of nitriles is 1. The molecule has 0 radical (unpaired) electrons. The number of benzene rings is 1. The van der Waals surface area contributed by atoms with Crippen LogP contribution in [0.1, 0.15) is 12.0 Å². The van der Waals surface area contributed by atoms with Crippen molar-refractivity contribution in [3.05, 3.63) is 52.4 Å². The van der Waals surface area contributed by atoms with Crippen LogP contribution in [-0.2, 0) is 10.0 Å². The number of aromatic hydroxyl groups is 1. The molecule has 0 amide bonds. The fourth-order valence-electron chi connectivity index (χ4n) is 2.43. The second kappa shape index (κ2) is 8.93. The summed E-state index contributed by atoms with van der Waals surface area (Å²) in [5.41, 5.74) is 4.26. The zero-order valence-corrected chi connectivity index (χ0v) is 17.0. The number of aliphatic hydroxyl groups is 1. The maximum absolute atomic E-state index is 12.5. The van der Waals surface area contributed by atoms with E-state index >= 15 is 0 Å². The summed E-state index contributed by atoms with van der Waals surface area (Å²) in [4.78, 5) is 3.88. The highest BCUT2D eigenvalue weighted by molar-refractivity contribution is 9.10. The highest BCUT2D eigenvalue weighted by Gasteiger charge is 2.41. The molecule has 1 aromatic heterocycles. The first-order valence-corrected chi connectivity index (χ1v) is 10.3. The maximum atomic E-state index is 12.5. The number of nitrogens with two attached hydrogens (primary N) is 1. The van der Waals surface area contributed by atoms with Crippen molar-refractivity contribution in [3.63, 3.8) is 0 Å². The molecule has 1 saturated heterocycles. The zero-order valence-electron chi connectivity index (χ0n) is 14.6. The van der Waals surface area contributed by atoms with Crippen molar-refractivity contribution in [2.75, 3.05) is 19.6 Å². The molecule has 0 aliphatic carbocycles. The summed E-state index contributed by atoms with van der Waals surface area (Å²) in [5, 5.41) is 26.9. The number of pyridine rings is 1. The van der Waals surface area contributed by atoms with Gasteiger partial charge in [0.05, 0.1) is 11.2 Å². The third-order valence-corrected chi connectivity index (χ3v) is 6.29. The number of β-amino-alcohol motifs (C(OH)–C–C–N with tert-alkyl or cyclic N) is 1. The SMILES string of the molecule is N#Cc1ccc(O)cc1F.NCC1(O)CCN(S(=O)(=O)c2ccc(Br)cn2)C1. The van der Waals surface area contributed by atoms with Crippen molar-refractivity contribution < 1.29 is 23.0 Å². The van der Waals surface area contributed by atoms with Crippen molar-refractivity contribution in [2.24, 2.45) is 5.73 Å². The van der Waals surface area contributed by atoms with Crippen LogP contribution in [0.4, 0.5) is 4.39 Å². The molecule has 1 aromatic carbocycles. The standard InChI is InChI=1S/C10H14BrN3O3S.C7H4FNO/c11-8-1-2-9(13-5-8)18(16,17)14-4-3-10(15,6-12)7-14;8-7-3-6(10)2-1-5(7)4-9/h1-2,5,15H,3-4,6-7,12H2;1-3,10H. The van der Waals surface area contributed by atoms with Crippen LogP contribution in [0.2, 0.25) is 0 Å². The molecule has 150 valence electrons. The minimum Gasteiger partial charge on any atom is -0.508 e. The quantitative estimate of drug-likeness (QED) is 0.611. The summed E-state index contributed by atoms with van der Waals surface area (Å²) < 4.78 is 38.9. The van der Waals surface area contributed by atoms with E-state index in [1.54, 1.807) is 12.1 Å². The van der Waals surface area contributed by atoms with E-state index in [-0.39, 0.29) is 36.0 Å². The first-order valence-electron chi connectivity index (χ1n) is 8.04. The van der Waals surface area contributed by atoms with Crippen LogP contribution in [-0.4, -0.2) is 53.2 Å². The molecule has 1 fully saturated rings. The number of rotatable bonds is 3. The third-order valence-electron chi connectivity index (χ3n) is 4.05. The Kier molecular flexibility index (Phi) is 7.08. The van der Waals surface area contributed by atoms with Crippen LogP contribution in [0.3, 0.4) is 0 Å². The lowest BCUT2D eigenvalue weighted by Gasteiger charge is -2.20. The summed E-state index contributed by atoms with van der Waals surface area (Å²) in [5.74, 6) is -0.862. The van der Waals surface area contributed by atoms with Crippen LogP contribution in [0.15, 0.2) is 46.0 Å². The van der Waals surface area contributed by atoms with Crippen molar-refractivity contribution in [1.82, 2.24) is 9.29 Å². The molecule has 0 spiro atoms. The second-order valence-electron chi connectivity index (χ2n) is 6.11. The van der Waals surface area contributed by atoms with Gasteiger partial charge in [-0.2, -0.15) is 9.57 Å². The van der Waals surface area contributed by atoms with Crippen molar-refractivity contribution in [1.29, 1.82) is 5.26 Å². The van der Waals surface area contributed by atoms with Crippen LogP contribution in [0.25, 0.3) is 0 Å². The first-order chi connectivity index (χ1) is 13.1. The Morgan fingerprint density at radius 3 is 2.61 bits per heavy atom. The molecular weight excluding hydrogens is 455 g/mol. The number of aromatic nitrogens is 1. The normalized spacial score (nSPS) is 19.5. The third kappa shape index (κ3) is 5.24. The largest absolute Gasteiger partial charge is 0.508 e. The van der Waals surface area contributed by atoms with E-state index in [2.05, 4.69) is 20.9 Å². The van der Waals surface area contributed by atoms with E-state index in [1.165, 1.54) is 28.7 Å². The van der Waals surface area contributed by atoms with Gasteiger partial charge in [-0.25, -0.2) is 17.8 Å². The molecule has 1 unspecified atom stereocenters. The van der Waals surface area contributed by atoms with Crippen LogP contribution < -0.4 is 5.73 Å². The number of sulfonamides is 1. The lowest BCUT2D eigenvalue weighted by atomic mass is 10.1. The van der Waals surface area contributed by atoms with E-state index in [1.807, 2.05) is 0 Å². The Labute approximate surface area is 170 Å². The molecule has 8 nitrogen and oxygen atoms in total. The van der Waals surface area contributed by atoms with Crippen molar-refractivity contribution in [3.8, 4) is 11.8 Å². The molecule has 2 aromatic rings. The number of nitrogens with zero attached hydrogens (tertiary/aromatic N) is 3. The zero-order chi connectivity index (χ0) is 20.9. The molecule has 1 atom stereocenters. The van der Waals surface area contributed by atoms with Gasteiger partial charge in [-0.15, -0.1) is 0 Å². The minimum atomic E-state index is -3.65. The molecule has 0 saturated carbocycles. The number of halogens is 2. The average Bonchev–Trinajstić information content (AvgIpc) is 3.07. The number of hydrogen-bond acceptors (Lipinski definition) is 7. The van der Waals surface area contributed by atoms with Crippen LogP contribution in [0.5, 0.6) is 5.75 Å². The van der Waals surface area contributed by atoms with E-state index in [9.17, 15) is 17.9 Å². The Morgan fingerprint density at radius 2 is 2.11 bits per heavy atom. The van der Waals surface area contributed by atoms with Gasteiger partial charge in [0.15, 0.2) is 5.03 Å². The highest BCUT2D eigenvalue weighted by Crippen LogP contribution is 2.26. The topological polar surface area (TPSA) is 141 Å². The number of phenols is 1. The summed E-state index contributed by atoms with van der Waals surface area (Å²) in [6.07, 6.45) is 1.78. The molecule has 0 bridgehead atoms. The van der Waals surface area contributed by atoms with Crippen molar-refractivity contribution >= 4 is 26.0 Å². The minimum absolute atomic E-state index is 0.0174. The van der Waals surface area contributed by atoms with Gasteiger partial charge in [0, 0.05) is 36.4 Å². The highest BCUT2D eigenvalue weighted by atomic mass is 79.9.